The first-order valence-corrected chi connectivity index (χ1v) is 8.14. The number of methoxy groups -OCH3 is 1. The summed E-state index contributed by atoms with van der Waals surface area (Å²) in [6.07, 6.45) is 0. The standard InChI is InChI=1S/C12H20AsNO3/c1-9-7-10(14-4-6-16)8-11(12(9)17-2)13-3-5-15/h7-8,13-16H,3-6H2,1-2H3. The minimum atomic E-state index is -0.367. The summed E-state index contributed by atoms with van der Waals surface area (Å²) in [5, 5.41) is 21.7. The third kappa shape index (κ3) is 4.23. The predicted octanol–water partition coefficient (Wildman–Crippen LogP) is -0.120. The van der Waals surface area contributed by atoms with E-state index in [0.29, 0.717) is 6.54 Å². The number of hydrogen-bond acceptors (Lipinski definition) is 4. The molecule has 3 N–H and O–H groups in total. The van der Waals surface area contributed by atoms with Gasteiger partial charge in [0.15, 0.2) is 0 Å². The number of aryl methyl sites for hydroxylation is 1. The van der Waals surface area contributed by atoms with Crippen molar-refractivity contribution in [3.8, 4) is 5.75 Å². The fraction of sp³-hybridized carbons (Fsp3) is 0.500. The van der Waals surface area contributed by atoms with E-state index in [4.69, 9.17) is 14.9 Å². The second-order valence-corrected chi connectivity index (χ2v) is 6.60. The van der Waals surface area contributed by atoms with Crippen molar-refractivity contribution in [2.45, 2.75) is 12.1 Å². The number of benzene rings is 1. The monoisotopic (exact) mass is 301 g/mol. The summed E-state index contributed by atoms with van der Waals surface area (Å²) in [6, 6.07) is 4.08. The van der Waals surface area contributed by atoms with Gasteiger partial charge in [0, 0.05) is 0 Å². The Hall–Kier alpha value is -0.702. The minimum absolute atomic E-state index is 0.118. The van der Waals surface area contributed by atoms with Crippen molar-refractivity contribution in [2.24, 2.45) is 0 Å². The van der Waals surface area contributed by atoms with Crippen LogP contribution in [0.5, 0.6) is 5.75 Å². The van der Waals surface area contributed by atoms with Crippen LogP contribution in [-0.4, -0.2) is 52.8 Å². The van der Waals surface area contributed by atoms with Gasteiger partial charge in [0.05, 0.1) is 0 Å². The van der Waals surface area contributed by atoms with Crippen LogP contribution in [0.2, 0.25) is 5.21 Å². The summed E-state index contributed by atoms with van der Waals surface area (Å²) in [4.78, 5) is 0. The fourth-order valence-corrected chi connectivity index (χ4v) is 3.97. The van der Waals surface area contributed by atoms with Crippen LogP contribution in [0, 0.1) is 6.92 Å². The summed E-state index contributed by atoms with van der Waals surface area (Å²) >= 11 is -0.367. The van der Waals surface area contributed by atoms with Gasteiger partial charge in [-0.1, -0.05) is 0 Å². The van der Waals surface area contributed by atoms with E-state index < -0.39 is 0 Å². The maximum atomic E-state index is 8.91. The van der Waals surface area contributed by atoms with Gasteiger partial charge in [0.1, 0.15) is 0 Å². The Balaban J connectivity index is 2.92. The molecule has 0 amide bonds. The van der Waals surface area contributed by atoms with Crippen LogP contribution in [0.1, 0.15) is 5.56 Å². The van der Waals surface area contributed by atoms with Gasteiger partial charge in [-0.2, -0.15) is 0 Å². The van der Waals surface area contributed by atoms with E-state index in [1.165, 1.54) is 4.35 Å². The molecule has 1 atom stereocenters. The molecule has 1 unspecified atom stereocenters. The van der Waals surface area contributed by atoms with Crippen LogP contribution in [0.25, 0.3) is 0 Å². The number of aliphatic hydroxyl groups excluding tert-OH is 2. The molecule has 4 nitrogen and oxygen atoms in total. The van der Waals surface area contributed by atoms with Crippen LogP contribution in [0.3, 0.4) is 0 Å². The average Bonchev–Trinajstić information content (AvgIpc) is 2.33. The van der Waals surface area contributed by atoms with Crippen molar-refractivity contribution in [3.05, 3.63) is 17.7 Å². The van der Waals surface area contributed by atoms with Gasteiger partial charge in [0.2, 0.25) is 0 Å². The normalized spacial score (nSPS) is 11.1. The Morgan fingerprint density at radius 3 is 2.65 bits per heavy atom. The molecule has 1 aromatic rings. The fourth-order valence-electron chi connectivity index (χ4n) is 1.67. The molecule has 0 radical (unpaired) electrons. The quantitative estimate of drug-likeness (QED) is 0.615. The van der Waals surface area contributed by atoms with Crippen molar-refractivity contribution in [1.82, 2.24) is 0 Å². The number of ether oxygens (including phenoxy) is 1. The van der Waals surface area contributed by atoms with Gasteiger partial charge in [-0.15, -0.1) is 0 Å². The van der Waals surface area contributed by atoms with E-state index in [2.05, 4.69) is 11.4 Å². The van der Waals surface area contributed by atoms with Gasteiger partial charge in [-0.3, -0.25) is 0 Å². The molecule has 0 spiro atoms. The number of aliphatic hydroxyl groups is 2. The topological polar surface area (TPSA) is 61.7 Å². The molecule has 0 heterocycles. The second kappa shape index (κ2) is 7.59. The molecule has 0 aliphatic rings. The molecule has 0 fully saturated rings. The van der Waals surface area contributed by atoms with Crippen molar-refractivity contribution in [2.75, 3.05) is 32.2 Å². The van der Waals surface area contributed by atoms with E-state index in [9.17, 15) is 0 Å². The third-order valence-electron chi connectivity index (χ3n) is 2.35. The van der Waals surface area contributed by atoms with E-state index in [1.54, 1.807) is 7.11 Å². The summed E-state index contributed by atoms with van der Waals surface area (Å²) in [7, 11) is 1.68. The third-order valence-corrected chi connectivity index (χ3v) is 4.92. The van der Waals surface area contributed by atoms with Crippen molar-refractivity contribution in [3.63, 3.8) is 0 Å². The summed E-state index contributed by atoms with van der Waals surface area (Å²) in [5.74, 6) is 0.938. The van der Waals surface area contributed by atoms with Crippen molar-refractivity contribution >= 4 is 25.8 Å². The molecule has 0 aliphatic heterocycles. The second-order valence-electron chi connectivity index (χ2n) is 3.67. The van der Waals surface area contributed by atoms with Gasteiger partial charge in [-0.25, -0.2) is 0 Å². The molecule has 0 bridgehead atoms. The predicted molar refractivity (Wildman–Crippen MR) is 72.0 cm³/mol. The van der Waals surface area contributed by atoms with Crippen LogP contribution in [0.15, 0.2) is 12.1 Å². The zero-order valence-corrected chi connectivity index (χ0v) is 12.4. The Morgan fingerprint density at radius 1 is 1.29 bits per heavy atom. The van der Waals surface area contributed by atoms with Crippen molar-refractivity contribution < 1.29 is 14.9 Å². The van der Waals surface area contributed by atoms with Gasteiger partial charge in [0.25, 0.3) is 0 Å². The Morgan fingerprint density at radius 2 is 2.06 bits per heavy atom. The molecule has 0 saturated heterocycles. The van der Waals surface area contributed by atoms with E-state index in [1.807, 2.05) is 13.0 Å². The molecule has 1 aromatic carbocycles. The molecular formula is C12H20AsNO3. The van der Waals surface area contributed by atoms with Crippen molar-refractivity contribution in [1.29, 1.82) is 0 Å². The SMILES string of the molecule is COc1c(C)cc(NCCO)cc1[AsH]CCO. The zero-order chi connectivity index (χ0) is 12.7. The van der Waals surface area contributed by atoms with Crippen LogP contribution in [0.4, 0.5) is 5.69 Å². The first-order valence-electron chi connectivity index (χ1n) is 5.61. The average molecular weight is 301 g/mol. The Kier molecular flexibility index (Phi) is 6.41. The summed E-state index contributed by atoms with van der Waals surface area (Å²) in [5.41, 5.74) is 2.10. The van der Waals surface area contributed by atoms with Gasteiger partial charge in [-0.05, 0) is 0 Å². The molecule has 0 aliphatic carbocycles. The molecule has 17 heavy (non-hydrogen) atoms. The van der Waals surface area contributed by atoms with E-state index >= 15 is 0 Å². The van der Waals surface area contributed by atoms with E-state index in [0.717, 1.165) is 22.2 Å². The van der Waals surface area contributed by atoms with Crippen LogP contribution < -0.4 is 14.4 Å². The number of anilines is 1. The number of hydrogen-bond donors (Lipinski definition) is 3. The maximum absolute atomic E-state index is 8.91. The Labute approximate surface area is 109 Å². The molecule has 1 rings (SSSR count). The molecule has 96 valence electrons. The Bertz CT molecular complexity index is 358. The van der Waals surface area contributed by atoms with E-state index in [-0.39, 0.29) is 29.0 Å². The summed E-state index contributed by atoms with van der Waals surface area (Å²) in [6.45, 7) is 2.91. The number of nitrogens with one attached hydrogen (secondary N) is 1. The molecule has 5 heteroatoms. The van der Waals surface area contributed by atoms with Crippen LogP contribution >= 0.6 is 0 Å². The first kappa shape index (κ1) is 14.4. The molecular weight excluding hydrogens is 281 g/mol. The molecule has 0 aromatic heterocycles. The molecule has 0 saturated carbocycles. The zero-order valence-electron chi connectivity index (χ0n) is 10.3. The summed E-state index contributed by atoms with van der Waals surface area (Å²) < 4.78 is 6.62. The van der Waals surface area contributed by atoms with Crippen LogP contribution in [-0.2, 0) is 0 Å². The van der Waals surface area contributed by atoms with Gasteiger partial charge >= 0.3 is 109 Å². The first-order chi connectivity index (χ1) is 8.22. The number of rotatable bonds is 7. The van der Waals surface area contributed by atoms with Gasteiger partial charge < -0.3 is 0 Å².